The summed E-state index contributed by atoms with van der Waals surface area (Å²) < 4.78 is 40.5. The minimum atomic E-state index is -4.04. The molecule has 146 valence electrons. The molecule has 0 aromatic heterocycles. The summed E-state index contributed by atoms with van der Waals surface area (Å²) in [6.07, 6.45) is 0.702. The maximum absolute atomic E-state index is 13.2. The third-order valence-electron chi connectivity index (χ3n) is 4.37. The van der Waals surface area contributed by atoms with Gasteiger partial charge in [-0.05, 0) is 63.6 Å². The molecule has 27 heavy (non-hydrogen) atoms. The van der Waals surface area contributed by atoms with Gasteiger partial charge in [0.1, 0.15) is 12.4 Å². The van der Waals surface area contributed by atoms with Crippen molar-refractivity contribution in [3.05, 3.63) is 59.9 Å². The second-order valence-corrected chi connectivity index (χ2v) is 8.95. The van der Waals surface area contributed by atoms with Gasteiger partial charge in [-0.2, -0.15) is 0 Å². The predicted octanol–water partition coefficient (Wildman–Crippen LogP) is 3.63. The topological polar surface area (TPSA) is 66.5 Å². The van der Waals surface area contributed by atoms with Crippen molar-refractivity contribution in [3.63, 3.8) is 0 Å². The molecular weight excluding hydrogens is 367 g/mol. The Kier molecular flexibility index (Phi) is 6.26. The summed E-state index contributed by atoms with van der Waals surface area (Å²) >= 11 is 0. The van der Waals surface area contributed by atoms with E-state index >= 15 is 0 Å². The highest BCUT2D eigenvalue weighted by Gasteiger charge is 2.28. The van der Waals surface area contributed by atoms with Crippen LogP contribution in [-0.4, -0.2) is 26.4 Å². The second kappa shape index (κ2) is 8.08. The van der Waals surface area contributed by atoms with E-state index in [1.165, 1.54) is 12.1 Å². The van der Waals surface area contributed by atoms with E-state index in [2.05, 4.69) is 5.32 Å². The third kappa shape index (κ3) is 5.29. The highest BCUT2D eigenvalue weighted by atomic mass is 32.2. The van der Waals surface area contributed by atoms with Gasteiger partial charge in [0, 0.05) is 5.54 Å². The molecule has 0 saturated heterocycles. The number of carbonyl (C=O) groups is 1. The Bertz CT molecular complexity index is 892. The highest BCUT2D eigenvalue weighted by molar-refractivity contribution is 7.92. The summed E-state index contributed by atoms with van der Waals surface area (Å²) in [7, 11) is -4.04. The number of rotatable bonds is 7. The molecule has 0 atom stereocenters. The largest absolute Gasteiger partial charge is 0.350 e. The zero-order valence-corrected chi connectivity index (χ0v) is 16.8. The first kappa shape index (κ1) is 20.9. The van der Waals surface area contributed by atoms with Gasteiger partial charge in [-0.3, -0.25) is 9.10 Å². The number of sulfonamides is 1. The number of benzene rings is 2. The van der Waals surface area contributed by atoms with Crippen molar-refractivity contribution >= 4 is 21.6 Å². The van der Waals surface area contributed by atoms with Crippen molar-refractivity contribution in [1.29, 1.82) is 0 Å². The monoisotopic (exact) mass is 392 g/mol. The molecule has 0 aliphatic carbocycles. The fourth-order valence-electron chi connectivity index (χ4n) is 2.40. The Morgan fingerprint density at radius 3 is 2.15 bits per heavy atom. The Morgan fingerprint density at radius 1 is 1.07 bits per heavy atom. The summed E-state index contributed by atoms with van der Waals surface area (Å²) in [6.45, 7) is 7.20. The van der Waals surface area contributed by atoms with Crippen LogP contribution in [0.1, 0.15) is 32.8 Å². The number of amides is 1. The Hall–Kier alpha value is -2.41. The van der Waals surface area contributed by atoms with Gasteiger partial charge in [0.15, 0.2) is 0 Å². The molecule has 1 amide bonds. The number of hydrogen-bond donors (Lipinski definition) is 1. The summed E-state index contributed by atoms with van der Waals surface area (Å²) in [5.74, 6) is -0.939. The second-order valence-electron chi connectivity index (χ2n) is 7.09. The molecule has 0 fully saturated rings. The molecular formula is C20H25FN2O3S. The number of anilines is 1. The fourth-order valence-corrected chi connectivity index (χ4v) is 3.82. The first-order valence-electron chi connectivity index (χ1n) is 8.71. The molecule has 5 nitrogen and oxygen atoms in total. The molecule has 0 bridgehead atoms. The maximum atomic E-state index is 13.2. The molecule has 2 aromatic rings. The SMILES string of the molecule is CCC(C)(C)NC(=O)CN(c1ccc(C)cc1)S(=O)(=O)c1ccc(F)cc1. The van der Waals surface area contributed by atoms with Crippen molar-refractivity contribution in [2.45, 2.75) is 44.6 Å². The zero-order valence-electron chi connectivity index (χ0n) is 16.0. The fraction of sp³-hybridized carbons (Fsp3) is 0.350. The summed E-state index contributed by atoms with van der Waals surface area (Å²) in [4.78, 5) is 12.4. The van der Waals surface area contributed by atoms with Crippen molar-refractivity contribution in [2.24, 2.45) is 0 Å². The minimum Gasteiger partial charge on any atom is -0.350 e. The van der Waals surface area contributed by atoms with Gasteiger partial charge in [-0.25, -0.2) is 12.8 Å². The van der Waals surface area contributed by atoms with Crippen LogP contribution in [0.15, 0.2) is 53.4 Å². The van der Waals surface area contributed by atoms with Crippen LogP contribution in [0.25, 0.3) is 0 Å². The molecule has 0 unspecified atom stereocenters. The lowest BCUT2D eigenvalue weighted by Crippen LogP contribution is -2.48. The predicted molar refractivity (Wildman–Crippen MR) is 105 cm³/mol. The quantitative estimate of drug-likeness (QED) is 0.782. The molecule has 1 N–H and O–H groups in total. The Morgan fingerprint density at radius 2 is 1.63 bits per heavy atom. The average Bonchev–Trinajstić information content (AvgIpc) is 2.60. The lowest BCUT2D eigenvalue weighted by atomic mass is 10.0. The normalized spacial score (nSPS) is 11.9. The van der Waals surface area contributed by atoms with Crippen molar-refractivity contribution < 1.29 is 17.6 Å². The van der Waals surface area contributed by atoms with Crippen LogP contribution >= 0.6 is 0 Å². The molecule has 0 saturated carbocycles. The van der Waals surface area contributed by atoms with E-state index in [0.717, 1.165) is 22.0 Å². The van der Waals surface area contributed by atoms with Crippen molar-refractivity contribution in [2.75, 3.05) is 10.8 Å². The zero-order chi connectivity index (χ0) is 20.2. The van der Waals surface area contributed by atoms with Crippen LogP contribution in [0, 0.1) is 12.7 Å². The van der Waals surface area contributed by atoms with E-state index in [4.69, 9.17) is 0 Å². The summed E-state index contributed by atoms with van der Waals surface area (Å²) in [6, 6.07) is 11.4. The van der Waals surface area contributed by atoms with E-state index in [-0.39, 0.29) is 11.4 Å². The number of aryl methyl sites for hydroxylation is 1. The number of nitrogens with one attached hydrogen (secondary N) is 1. The van der Waals surface area contributed by atoms with Crippen LogP contribution in [0.2, 0.25) is 0 Å². The first-order valence-corrected chi connectivity index (χ1v) is 10.1. The Balaban J connectivity index is 2.42. The molecule has 0 radical (unpaired) electrons. The van der Waals surface area contributed by atoms with Crippen LogP contribution in [-0.2, 0) is 14.8 Å². The van der Waals surface area contributed by atoms with E-state index < -0.39 is 27.3 Å². The van der Waals surface area contributed by atoms with E-state index in [1.54, 1.807) is 24.3 Å². The lowest BCUT2D eigenvalue weighted by molar-refractivity contribution is -0.121. The first-order chi connectivity index (χ1) is 12.5. The molecule has 0 spiro atoms. The molecule has 0 aliphatic rings. The Labute approximate surface area is 160 Å². The smallest absolute Gasteiger partial charge is 0.264 e. The van der Waals surface area contributed by atoms with Crippen LogP contribution < -0.4 is 9.62 Å². The standard InChI is InChI=1S/C20H25FN2O3S/c1-5-20(3,4)22-19(24)14-23(17-10-6-15(2)7-11-17)27(25,26)18-12-8-16(21)9-13-18/h6-13H,5,14H2,1-4H3,(H,22,24). The van der Waals surface area contributed by atoms with E-state index in [0.29, 0.717) is 12.1 Å². The number of nitrogens with zero attached hydrogens (tertiary/aromatic N) is 1. The van der Waals surface area contributed by atoms with Gasteiger partial charge in [-0.15, -0.1) is 0 Å². The van der Waals surface area contributed by atoms with Gasteiger partial charge in [0.05, 0.1) is 10.6 Å². The average molecular weight is 392 g/mol. The molecule has 2 rings (SSSR count). The number of halogens is 1. The molecule has 2 aromatic carbocycles. The van der Waals surface area contributed by atoms with Crippen molar-refractivity contribution in [1.82, 2.24) is 5.32 Å². The van der Waals surface area contributed by atoms with E-state index in [9.17, 15) is 17.6 Å². The third-order valence-corrected chi connectivity index (χ3v) is 6.16. The van der Waals surface area contributed by atoms with Gasteiger partial charge in [0.25, 0.3) is 10.0 Å². The lowest BCUT2D eigenvalue weighted by Gasteiger charge is -2.28. The van der Waals surface area contributed by atoms with Crippen LogP contribution in [0.4, 0.5) is 10.1 Å². The van der Waals surface area contributed by atoms with Crippen molar-refractivity contribution in [3.8, 4) is 0 Å². The number of hydrogen-bond acceptors (Lipinski definition) is 3. The molecule has 0 aliphatic heterocycles. The maximum Gasteiger partial charge on any atom is 0.264 e. The highest BCUT2D eigenvalue weighted by Crippen LogP contribution is 2.24. The van der Waals surface area contributed by atoms with Gasteiger partial charge in [-0.1, -0.05) is 24.6 Å². The van der Waals surface area contributed by atoms with Gasteiger partial charge >= 0.3 is 0 Å². The summed E-state index contributed by atoms with van der Waals surface area (Å²) in [5.41, 5.74) is 0.888. The van der Waals surface area contributed by atoms with Gasteiger partial charge < -0.3 is 5.32 Å². The molecule has 0 heterocycles. The van der Waals surface area contributed by atoms with Crippen LogP contribution in [0.3, 0.4) is 0 Å². The summed E-state index contributed by atoms with van der Waals surface area (Å²) in [5, 5.41) is 2.85. The molecule has 7 heteroatoms. The number of carbonyl (C=O) groups excluding carboxylic acids is 1. The van der Waals surface area contributed by atoms with Crippen LogP contribution in [0.5, 0.6) is 0 Å². The minimum absolute atomic E-state index is 0.0768. The van der Waals surface area contributed by atoms with E-state index in [1.807, 2.05) is 27.7 Å². The van der Waals surface area contributed by atoms with Gasteiger partial charge in [0.2, 0.25) is 5.91 Å².